The third kappa shape index (κ3) is 8.83. The minimum Gasteiger partial charge on any atom is -0.352 e. The molecule has 0 aliphatic carbocycles. The number of halogens is 4. The summed E-state index contributed by atoms with van der Waals surface area (Å²) >= 11 is 12.1. The highest BCUT2D eigenvalue weighted by molar-refractivity contribution is 7.92. The molecule has 0 aliphatic rings. The van der Waals surface area contributed by atoms with Gasteiger partial charge in [-0.25, -0.2) is 17.2 Å². The van der Waals surface area contributed by atoms with Crippen LogP contribution >= 0.6 is 23.2 Å². The summed E-state index contributed by atoms with van der Waals surface area (Å²) in [6, 6.07) is 6.79. The normalized spacial score (nSPS) is 12.4. The molecule has 0 heterocycles. The van der Waals surface area contributed by atoms with Crippen molar-refractivity contribution in [2.45, 2.75) is 58.7 Å². The molecule has 0 saturated heterocycles. The molecule has 37 heavy (non-hydrogen) atoms. The van der Waals surface area contributed by atoms with E-state index in [-0.39, 0.29) is 49.5 Å². The predicted molar refractivity (Wildman–Crippen MR) is 142 cm³/mol. The highest BCUT2D eigenvalue weighted by Crippen LogP contribution is 2.25. The van der Waals surface area contributed by atoms with Crippen LogP contribution in [0.4, 0.5) is 14.5 Å². The number of amides is 2. The fraction of sp³-hybridized carbons (Fsp3) is 0.440. The van der Waals surface area contributed by atoms with E-state index in [9.17, 15) is 26.8 Å². The first-order valence-corrected chi connectivity index (χ1v) is 14.3. The fourth-order valence-electron chi connectivity index (χ4n) is 3.78. The van der Waals surface area contributed by atoms with Gasteiger partial charge in [-0.2, -0.15) is 0 Å². The van der Waals surface area contributed by atoms with Crippen LogP contribution in [-0.2, 0) is 26.2 Å². The number of rotatable bonds is 12. The molecule has 2 aromatic rings. The van der Waals surface area contributed by atoms with Gasteiger partial charge in [0.2, 0.25) is 21.8 Å². The van der Waals surface area contributed by atoms with E-state index in [1.807, 2.05) is 13.8 Å². The van der Waals surface area contributed by atoms with Gasteiger partial charge in [0.25, 0.3) is 0 Å². The Bertz CT molecular complexity index is 1230. The molecule has 0 radical (unpaired) electrons. The standard InChI is InChI=1S/C25H31Cl2F2N3O4S/c1-5-23(25(34)30-16(2)3)31(15-17-8-10-19(26)20(27)13-17)24(33)7-6-12-32(37(4,35)36)18-9-11-21(28)22(29)14-18/h8-11,13-14,16,23H,5-7,12,15H2,1-4H3,(H,30,34)/t23-/m1/s1. The summed E-state index contributed by atoms with van der Waals surface area (Å²) in [7, 11) is -3.84. The average molecular weight is 579 g/mol. The Kier molecular flexibility index (Phi) is 11.1. The molecule has 1 N–H and O–H groups in total. The van der Waals surface area contributed by atoms with Crippen molar-refractivity contribution in [2.75, 3.05) is 17.1 Å². The largest absolute Gasteiger partial charge is 0.352 e. The van der Waals surface area contributed by atoms with Gasteiger partial charge in [-0.3, -0.25) is 13.9 Å². The predicted octanol–water partition coefficient (Wildman–Crippen LogP) is 5.15. The summed E-state index contributed by atoms with van der Waals surface area (Å²) in [6.45, 7) is 5.35. The Morgan fingerprint density at radius 1 is 1.03 bits per heavy atom. The molecule has 2 rings (SSSR count). The summed E-state index contributed by atoms with van der Waals surface area (Å²) in [6.07, 6.45) is 1.26. The summed E-state index contributed by atoms with van der Waals surface area (Å²) < 4.78 is 52.6. The Labute approximate surface area is 226 Å². The number of sulfonamides is 1. The van der Waals surface area contributed by atoms with Crippen LogP contribution in [0.5, 0.6) is 0 Å². The van der Waals surface area contributed by atoms with Crippen LogP contribution in [0.2, 0.25) is 10.0 Å². The number of carbonyl (C=O) groups excluding carboxylic acids is 2. The number of nitrogens with zero attached hydrogens (tertiary/aromatic N) is 2. The monoisotopic (exact) mass is 577 g/mol. The van der Waals surface area contributed by atoms with Crippen LogP contribution in [0.15, 0.2) is 36.4 Å². The summed E-state index contributed by atoms with van der Waals surface area (Å²) in [5, 5.41) is 3.49. The smallest absolute Gasteiger partial charge is 0.243 e. The zero-order valence-corrected chi connectivity index (χ0v) is 23.4. The van der Waals surface area contributed by atoms with E-state index in [1.165, 1.54) is 4.90 Å². The number of carbonyl (C=O) groups is 2. The van der Waals surface area contributed by atoms with E-state index in [0.29, 0.717) is 22.0 Å². The third-order valence-electron chi connectivity index (χ3n) is 5.50. The molecule has 2 amide bonds. The summed E-state index contributed by atoms with van der Waals surface area (Å²) in [5.41, 5.74) is 0.613. The van der Waals surface area contributed by atoms with Crippen molar-refractivity contribution in [3.8, 4) is 0 Å². The maximum absolute atomic E-state index is 13.7. The molecule has 204 valence electrons. The lowest BCUT2D eigenvalue weighted by Crippen LogP contribution is -2.50. The number of hydrogen-bond donors (Lipinski definition) is 1. The topological polar surface area (TPSA) is 86.8 Å². The molecule has 0 saturated carbocycles. The van der Waals surface area contributed by atoms with Crippen LogP contribution in [0.1, 0.15) is 45.6 Å². The second-order valence-corrected chi connectivity index (χ2v) is 11.6. The van der Waals surface area contributed by atoms with Gasteiger partial charge in [-0.1, -0.05) is 36.2 Å². The molecule has 0 aliphatic heterocycles. The Hall–Kier alpha value is -2.43. The molecular weight excluding hydrogens is 547 g/mol. The van der Waals surface area contributed by atoms with Crippen molar-refractivity contribution in [3.05, 3.63) is 63.6 Å². The number of nitrogens with one attached hydrogen (secondary N) is 1. The lowest BCUT2D eigenvalue weighted by molar-refractivity contribution is -0.141. The third-order valence-corrected chi connectivity index (χ3v) is 7.43. The maximum atomic E-state index is 13.7. The zero-order chi connectivity index (χ0) is 27.9. The van der Waals surface area contributed by atoms with Crippen LogP contribution in [0, 0.1) is 11.6 Å². The molecule has 12 heteroatoms. The van der Waals surface area contributed by atoms with Gasteiger partial charge in [-0.05, 0) is 56.5 Å². The van der Waals surface area contributed by atoms with E-state index in [1.54, 1.807) is 25.1 Å². The number of hydrogen-bond acceptors (Lipinski definition) is 4. The first-order chi connectivity index (χ1) is 17.2. The van der Waals surface area contributed by atoms with Crippen LogP contribution in [-0.4, -0.2) is 50.0 Å². The van der Waals surface area contributed by atoms with Gasteiger partial charge < -0.3 is 10.2 Å². The highest BCUT2D eigenvalue weighted by Gasteiger charge is 2.29. The van der Waals surface area contributed by atoms with Gasteiger partial charge in [0.1, 0.15) is 6.04 Å². The Morgan fingerprint density at radius 2 is 1.70 bits per heavy atom. The minimum atomic E-state index is -3.84. The van der Waals surface area contributed by atoms with Crippen LogP contribution < -0.4 is 9.62 Å². The van der Waals surface area contributed by atoms with Gasteiger partial charge >= 0.3 is 0 Å². The molecule has 0 spiro atoms. The summed E-state index contributed by atoms with van der Waals surface area (Å²) in [5.74, 6) is -2.98. The first kappa shape index (κ1) is 30.8. The van der Waals surface area contributed by atoms with Crippen LogP contribution in [0.25, 0.3) is 0 Å². The van der Waals surface area contributed by atoms with E-state index in [4.69, 9.17) is 23.2 Å². The molecule has 0 unspecified atom stereocenters. The van der Waals surface area contributed by atoms with E-state index in [0.717, 1.165) is 28.8 Å². The van der Waals surface area contributed by atoms with Crippen molar-refractivity contribution in [2.24, 2.45) is 0 Å². The Balaban J connectivity index is 2.26. The molecule has 0 aromatic heterocycles. The van der Waals surface area contributed by atoms with Crippen LogP contribution in [0.3, 0.4) is 0 Å². The molecule has 2 aromatic carbocycles. The minimum absolute atomic E-state index is 0.0516. The molecular formula is C25H31Cl2F2N3O4S. The van der Waals surface area contributed by atoms with Crippen molar-refractivity contribution >= 4 is 50.7 Å². The Morgan fingerprint density at radius 3 is 2.24 bits per heavy atom. The maximum Gasteiger partial charge on any atom is 0.243 e. The van der Waals surface area contributed by atoms with E-state index in [2.05, 4.69) is 5.32 Å². The molecule has 0 bridgehead atoms. The lowest BCUT2D eigenvalue weighted by Gasteiger charge is -2.31. The van der Waals surface area contributed by atoms with Crippen molar-refractivity contribution < 1.29 is 26.8 Å². The van der Waals surface area contributed by atoms with E-state index >= 15 is 0 Å². The molecule has 1 atom stereocenters. The SMILES string of the molecule is CC[C@H](C(=O)NC(C)C)N(Cc1ccc(Cl)c(Cl)c1)C(=O)CCCN(c1ccc(F)c(F)c1)S(C)(=O)=O. The van der Waals surface area contributed by atoms with Crippen molar-refractivity contribution in [3.63, 3.8) is 0 Å². The van der Waals surface area contributed by atoms with Crippen molar-refractivity contribution in [1.82, 2.24) is 10.2 Å². The number of anilines is 1. The average Bonchev–Trinajstić information content (AvgIpc) is 2.79. The van der Waals surface area contributed by atoms with Crippen molar-refractivity contribution in [1.29, 1.82) is 0 Å². The zero-order valence-electron chi connectivity index (χ0n) is 21.1. The number of benzene rings is 2. The first-order valence-electron chi connectivity index (χ1n) is 11.7. The van der Waals surface area contributed by atoms with Gasteiger partial charge in [0.15, 0.2) is 11.6 Å². The fourth-order valence-corrected chi connectivity index (χ4v) is 5.06. The summed E-state index contributed by atoms with van der Waals surface area (Å²) in [4.78, 5) is 27.7. The van der Waals surface area contributed by atoms with Gasteiger partial charge in [0.05, 0.1) is 22.0 Å². The second-order valence-electron chi connectivity index (χ2n) is 8.89. The second kappa shape index (κ2) is 13.4. The molecule has 0 fully saturated rings. The van der Waals surface area contributed by atoms with Gasteiger partial charge in [-0.15, -0.1) is 0 Å². The molecule has 7 nitrogen and oxygen atoms in total. The van der Waals surface area contributed by atoms with Gasteiger partial charge in [0, 0.05) is 31.6 Å². The van der Waals surface area contributed by atoms with E-state index < -0.39 is 27.7 Å². The quantitative estimate of drug-likeness (QED) is 0.378. The highest BCUT2D eigenvalue weighted by atomic mass is 35.5. The lowest BCUT2D eigenvalue weighted by atomic mass is 10.1.